The van der Waals surface area contributed by atoms with Gasteiger partial charge in [0, 0.05) is 31.0 Å². The van der Waals surface area contributed by atoms with Crippen LogP contribution in [0, 0.1) is 0 Å². The molecule has 0 saturated heterocycles. The van der Waals surface area contributed by atoms with Gasteiger partial charge in [-0.25, -0.2) is 0 Å². The van der Waals surface area contributed by atoms with Crippen LogP contribution in [0.1, 0.15) is 34.0 Å². The van der Waals surface area contributed by atoms with Crippen molar-refractivity contribution in [2.45, 2.75) is 31.8 Å². The number of nitrogens with one attached hydrogen (secondary N) is 1. The zero-order chi connectivity index (χ0) is 17.1. The molecule has 1 aliphatic rings. The first-order chi connectivity index (χ1) is 12.3. The quantitative estimate of drug-likeness (QED) is 0.799. The molecular weight excluding hydrogens is 312 g/mol. The van der Waals surface area contributed by atoms with E-state index in [-0.39, 0.29) is 11.9 Å². The van der Waals surface area contributed by atoms with Gasteiger partial charge >= 0.3 is 0 Å². The molecule has 1 aliphatic heterocycles. The Labute approximate surface area is 146 Å². The van der Waals surface area contributed by atoms with Crippen LogP contribution in [0.25, 0.3) is 0 Å². The Morgan fingerprint density at radius 3 is 2.52 bits per heavy atom. The van der Waals surface area contributed by atoms with Crippen molar-refractivity contribution >= 4 is 5.91 Å². The third-order valence-corrected chi connectivity index (χ3v) is 4.60. The minimum atomic E-state index is -0.0215. The number of carbonyl (C=O) groups excluding carboxylic acids is 1. The summed E-state index contributed by atoms with van der Waals surface area (Å²) in [5.41, 5.74) is 1.91. The molecule has 0 bridgehead atoms. The molecule has 126 valence electrons. The Balaban J connectivity index is 1.47. The highest BCUT2D eigenvalue weighted by Gasteiger charge is 2.24. The molecule has 3 aromatic rings. The molecule has 2 aromatic carbocycles. The van der Waals surface area contributed by atoms with Gasteiger partial charge < -0.3 is 9.88 Å². The van der Waals surface area contributed by atoms with E-state index in [1.165, 1.54) is 5.56 Å². The molecule has 25 heavy (non-hydrogen) atoms. The van der Waals surface area contributed by atoms with Crippen molar-refractivity contribution < 1.29 is 4.79 Å². The lowest BCUT2D eigenvalue weighted by atomic mass is 10.1. The predicted molar refractivity (Wildman–Crippen MR) is 95.3 cm³/mol. The van der Waals surface area contributed by atoms with Crippen molar-refractivity contribution in [3.63, 3.8) is 0 Å². The number of benzene rings is 2. The highest BCUT2D eigenvalue weighted by molar-refractivity contribution is 5.94. The van der Waals surface area contributed by atoms with E-state index in [1.54, 1.807) is 0 Å². The summed E-state index contributed by atoms with van der Waals surface area (Å²) in [4.78, 5) is 12.4. The second-order valence-electron chi connectivity index (χ2n) is 6.38. The van der Waals surface area contributed by atoms with Gasteiger partial charge in [0.25, 0.3) is 5.91 Å². The zero-order valence-corrected chi connectivity index (χ0v) is 13.9. The van der Waals surface area contributed by atoms with Gasteiger partial charge in [-0.1, -0.05) is 48.5 Å². The number of amides is 1. The van der Waals surface area contributed by atoms with Crippen molar-refractivity contribution in [3.8, 4) is 0 Å². The van der Waals surface area contributed by atoms with E-state index in [0.29, 0.717) is 5.56 Å². The fourth-order valence-electron chi connectivity index (χ4n) is 3.27. The number of hydrogen-bond donors (Lipinski definition) is 1. The Bertz CT molecular complexity index is 858. The summed E-state index contributed by atoms with van der Waals surface area (Å²) in [5.74, 6) is 1.95. The van der Waals surface area contributed by atoms with Crippen LogP contribution >= 0.6 is 0 Å². The van der Waals surface area contributed by atoms with E-state index >= 15 is 0 Å². The minimum absolute atomic E-state index is 0.0215. The third kappa shape index (κ3) is 3.45. The Hall–Kier alpha value is -2.95. The van der Waals surface area contributed by atoms with Crippen LogP contribution in [0.15, 0.2) is 60.7 Å². The van der Waals surface area contributed by atoms with Gasteiger partial charge in [0.15, 0.2) is 0 Å². The molecule has 0 fully saturated rings. The summed E-state index contributed by atoms with van der Waals surface area (Å²) in [6.07, 6.45) is 2.48. The number of aryl methyl sites for hydroxylation is 1. The number of fused-ring (bicyclic) bond motifs is 1. The number of rotatable bonds is 4. The van der Waals surface area contributed by atoms with Crippen LogP contribution < -0.4 is 5.32 Å². The van der Waals surface area contributed by atoms with E-state index in [4.69, 9.17) is 0 Å². The fraction of sp³-hybridized carbons (Fsp3) is 0.250. The molecule has 1 atom stereocenters. The summed E-state index contributed by atoms with van der Waals surface area (Å²) >= 11 is 0. The van der Waals surface area contributed by atoms with Gasteiger partial charge in [-0.3, -0.25) is 4.79 Å². The third-order valence-electron chi connectivity index (χ3n) is 4.60. The summed E-state index contributed by atoms with van der Waals surface area (Å²) in [6.45, 7) is 0.725. The molecule has 1 unspecified atom stereocenters. The first kappa shape index (κ1) is 15.6. The molecule has 1 N–H and O–H groups in total. The monoisotopic (exact) mass is 332 g/mol. The summed E-state index contributed by atoms with van der Waals surface area (Å²) in [6, 6.07) is 19.7. The van der Waals surface area contributed by atoms with Crippen LogP contribution in [-0.4, -0.2) is 26.7 Å². The molecule has 0 radical (unpaired) electrons. The lowest BCUT2D eigenvalue weighted by molar-refractivity contribution is 0.0927. The highest BCUT2D eigenvalue weighted by atomic mass is 16.1. The first-order valence-electron chi connectivity index (χ1n) is 8.60. The van der Waals surface area contributed by atoms with Gasteiger partial charge in [-0.05, 0) is 24.1 Å². The molecule has 2 heterocycles. The maximum absolute atomic E-state index is 12.4. The van der Waals surface area contributed by atoms with Crippen LogP contribution in [-0.2, 0) is 19.4 Å². The molecular formula is C20H20N4O. The second-order valence-corrected chi connectivity index (χ2v) is 6.38. The van der Waals surface area contributed by atoms with Crippen LogP contribution in [0.3, 0.4) is 0 Å². The SMILES string of the molecule is O=C(NC1CCc2nnc(Cc3ccccc3)n2C1)c1ccccc1. The van der Waals surface area contributed by atoms with E-state index in [1.807, 2.05) is 48.5 Å². The van der Waals surface area contributed by atoms with E-state index in [2.05, 4.69) is 32.2 Å². The molecule has 0 spiro atoms. The standard InChI is InChI=1S/C20H20N4O/c25-20(16-9-5-2-6-10-16)21-17-11-12-18-22-23-19(24(18)14-17)13-15-7-3-1-4-8-15/h1-10,17H,11-14H2,(H,21,25). The number of nitrogens with zero attached hydrogens (tertiary/aromatic N) is 3. The number of carbonyl (C=O) groups is 1. The summed E-state index contributed by atoms with van der Waals surface area (Å²) in [5, 5.41) is 11.8. The molecule has 0 aliphatic carbocycles. The van der Waals surface area contributed by atoms with Gasteiger partial charge in [-0.2, -0.15) is 0 Å². The molecule has 1 aromatic heterocycles. The maximum Gasteiger partial charge on any atom is 0.251 e. The van der Waals surface area contributed by atoms with Gasteiger partial charge in [-0.15, -0.1) is 10.2 Å². The zero-order valence-electron chi connectivity index (χ0n) is 13.9. The largest absolute Gasteiger partial charge is 0.347 e. The van der Waals surface area contributed by atoms with Crippen molar-refractivity contribution in [1.29, 1.82) is 0 Å². The van der Waals surface area contributed by atoms with Gasteiger partial charge in [0.05, 0.1) is 0 Å². The molecule has 5 nitrogen and oxygen atoms in total. The molecule has 4 rings (SSSR count). The van der Waals surface area contributed by atoms with Crippen molar-refractivity contribution in [2.75, 3.05) is 0 Å². The minimum Gasteiger partial charge on any atom is -0.347 e. The molecule has 5 heteroatoms. The van der Waals surface area contributed by atoms with Crippen molar-refractivity contribution in [1.82, 2.24) is 20.1 Å². The molecule has 1 amide bonds. The normalized spacial score (nSPS) is 16.2. The van der Waals surface area contributed by atoms with Gasteiger partial charge in [0.1, 0.15) is 11.6 Å². The van der Waals surface area contributed by atoms with E-state index in [9.17, 15) is 4.79 Å². The molecule has 0 saturated carbocycles. The lowest BCUT2D eigenvalue weighted by Crippen LogP contribution is -2.41. The van der Waals surface area contributed by atoms with Gasteiger partial charge in [0.2, 0.25) is 0 Å². The predicted octanol–water partition coefficient (Wildman–Crippen LogP) is 2.61. The van der Waals surface area contributed by atoms with Crippen LogP contribution in [0.2, 0.25) is 0 Å². The Morgan fingerprint density at radius 2 is 1.76 bits per heavy atom. The maximum atomic E-state index is 12.4. The Kier molecular flexibility index (Phi) is 4.29. The topological polar surface area (TPSA) is 59.8 Å². The number of aromatic nitrogens is 3. The first-order valence-corrected chi connectivity index (χ1v) is 8.60. The van der Waals surface area contributed by atoms with Crippen LogP contribution in [0.5, 0.6) is 0 Å². The van der Waals surface area contributed by atoms with E-state index in [0.717, 1.165) is 37.5 Å². The second kappa shape index (κ2) is 6.89. The smallest absolute Gasteiger partial charge is 0.251 e. The summed E-state index contributed by atoms with van der Waals surface area (Å²) in [7, 11) is 0. The lowest BCUT2D eigenvalue weighted by Gasteiger charge is -2.25. The van der Waals surface area contributed by atoms with Crippen LogP contribution in [0.4, 0.5) is 0 Å². The average Bonchev–Trinajstić information content (AvgIpc) is 3.05. The van der Waals surface area contributed by atoms with Crippen molar-refractivity contribution in [2.24, 2.45) is 0 Å². The van der Waals surface area contributed by atoms with Crippen molar-refractivity contribution in [3.05, 3.63) is 83.4 Å². The fourth-order valence-corrected chi connectivity index (χ4v) is 3.27. The number of hydrogen-bond acceptors (Lipinski definition) is 3. The summed E-state index contributed by atoms with van der Waals surface area (Å²) < 4.78 is 2.16. The average molecular weight is 332 g/mol. The Morgan fingerprint density at radius 1 is 1.04 bits per heavy atom. The highest BCUT2D eigenvalue weighted by Crippen LogP contribution is 2.18. The van der Waals surface area contributed by atoms with E-state index < -0.39 is 0 Å².